The number of aromatic nitrogens is 1. The molecule has 0 aliphatic carbocycles. The maximum Gasteiger partial charge on any atom is 0.254 e. The number of rotatable bonds is 6. The first kappa shape index (κ1) is 28.6. The number of piperidine rings is 2. The third-order valence-electron chi connectivity index (χ3n) is 9.03. The number of benzene rings is 3. The maximum absolute atomic E-state index is 13.4. The number of pyridine rings is 1. The molecule has 10 heteroatoms. The van der Waals surface area contributed by atoms with Crippen molar-refractivity contribution in [1.82, 2.24) is 14.8 Å². The third kappa shape index (κ3) is 5.48. The molecule has 0 radical (unpaired) electrons. The number of fused-ring (bicyclic) bond motifs is 2. The molecule has 0 N–H and O–H groups in total. The van der Waals surface area contributed by atoms with E-state index < -0.39 is 9.84 Å². The Morgan fingerprint density at radius 3 is 2.41 bits per heavy atom. The predicted molar refractivity (Wildman–Crippen MR) is 165 cm³/mol. The van der Waals surface area contributed by atoms with Crippen molar-refractivity contribution in [1.29, 1.82) is 0 Å². The van der Waals surface area contributed by atoms with Crippen molar-refractivity contribution in [2.24, 2.45) is 0 Å². The zero-order chi connectivity index (χ0) is 30.3. The fraction of sp³-hybridized carbons (Fsp3) is 0.353. The van der Waals surface area contributed by atoms with Gasteiger partial charge in [0.2, 0.25) is 16.6 Å². The Morgan fingerprint density at radius 1 is 0.864 bits per heavy atom. The molecule has 0 bridgehead atoms. The molecular weight excluding hydrogens is 578 g/mol. The molecule has 9 nitrogen and oxygen atoms in total. The van der Waals surface area contributed by atoms with E-state index in [-0.39, 0.29) is 28.6 Å². The number of sulfone groups is 1. The number of hydrogen-bond donors (Lipinski definition) is 0. The molecule has 4 aromatic rings. The van der Waals surface area contributed by atoms with Gasteiger partial charge in [0.05, 0.1) is 15.3 Å². The van der Waals surface area contributed by atoms with Crippen LogP contribution in [0.4, 0.5) is 0 Å². The van der Waals surface area contributed by atoms with Crippen molar-refractivity contribution in [3.8, 4) is 17.2 Å². The van der Waals surface area contributed by atoms with Crippen LogP contribution in [-0.4, -0.2) is 74.2 Å². The summed E-state index contributed by atoms with van der Waals surface area (Å²) >= 11 is 0. The van der Waals surface area contributed by atoms with Gasteiger partial charge in [0.1, 0.15) is 11.9 Å². The zero-order valence-corrected chi connectivity index (χ0v) is 25.5. The fourth-order valence-electron chi connectivity index (χ4n) is 6.53. The molecule has 228 valence electrons. The zero-order valence-electron chi connectivity index (χ0n) is 24.6. The SMILES string of the molecule is Cc1cc(S(=O)(=O)c2ccc3c(c2)OCO3)ccc1OC1CCN(C2CCN(C(=O)c3cccc4ncccc34)CC2)CC1. The summed E-state index contributed by atoms with van der Waals surface area (Å²) in [5, 5.41) is 0.903. The Bertz CT molecular complexity index is 1810. The van der Waals surface area contributed by atoms with E-state index in [0.29, 0.717) is 23.3 Å². The fourth-order valence-corrected chi connectivity index (χ4v) is 7.89. The Morgan fingerprint density at radius 2 is 1.61 bits per heavy atom. The van der Waals surface area contributed by atoms with Gasteiger partial charge in [-0.3, -0.25) is 14.7 Å². The standard InChI is InChI=1S/C34H35N3O6S/c1-23-20-26(44(39,40)27-8-10-32-33(21-27)42-22-41-32)7-9-31(23)43-25-13-18-36(19-14-25)24-11-16-37(17-12-24)34(38)29-4-2-6-30-28(29)5-3-15-35-30/h2-10,15,20-21,24-25H,11-14,16-19,22H2,1H3. The summed E-state index contributed by atoms with van der Waals surface area (Å²) < 4.78 is 43.6. The summed E-state index contributed by atoms with van der Waals surface area (Å²) in [5.74, 6) is 1.78. The van der Waals surface area contributed by atoms with Crippen LogP contribution in [0, 0.1) is 6.92 Å². The lowest BCUT2D eigenvalue weighted by Gasteiger charge is -2.41. The minimum atomic E-state index is -3.71. The third-order valence-corrected chi connectivity index (χ3v) is 10.8. The van der Waals surface area contributed by atoms with E-state index in [9.17, 15) is 13.2 Å². The van der Waals surface area contributed by atoms with Crippen molar-refractivity contribution < 1.29 is 27.4 Å². The first-order valence-corrected chi connectivity index (χ1v) is 16.6. The van der Waals surface area contributed by atoms with Crippen LogP contribution in [0.25, 0.3) is 10.9 Å². The van der Waals surface area contributed by atoms with Gasteiger partial charge < -0.3 is 19.1 Å². The first-order chi connectivity index (χ1) is 21.4. The van der Waals surface area contributed by atoms with Crippen LogP contribution in [0.3, 0.4) is 0 Å². The molecule has 2 fully saturated rings. The maximum atomic E-state index is 13.4. The van der Waals surface area contributed by atoms with Gasteiger partial charge in [-0.15, -0.1) is 0 Å². The highest BCUT2D eigenvalue weighted by Gasteiger charge is 2.31. The van der Waals surface area contributed by atoms with E-state index in [1.165, 1.54) is 6.07 Å². The van der Waals surface area contributed by atoms with E-state index in [2.05, 4.69) is 9.88 Å². The molecule has 7 rings (SSSR count). The van der Waals surface area contributed by atoms with Crippen LogP contribution in [-0.2, 0) is 9.84 Å². The Labute approximate surface area is 257 Å². The van der Waals surface area contributed by atoms with E-state index in [0.717, 1.165) is 73.9 Å². The monoisotopic (exact) mass is 613 g/mol. The molecule has 4 heterocycles. The largest absolute Gasteiger partial charge is 0.490 e. The van der Waals surface area contributed by atoms with E-state index >= 15 is 0 Å². The highest BCUT2D eigenvalue weighted by atomic mass is 32.2. The molecular formula is C34H35N3O6S. The Hall–Kier alpha value is -4.15. The highest BCUT2D eigenvalue weighted by Crippen LogP contribution is 2.36. The number of carbonyl (C=O) groups is 1. The van der Waals surface area contributed by atoms with Gasteiger partial charge in [0.25, 0.3) is 5.91 Å². The number of amides is 1. The molecule has 1 aromatic heterocycles. The first-order valence-electron chi connectivity index (χ1n) is 15.2. The minimum Gasteiger partial charge on any atom is -0.490 e. The normalized spacial score (nSPS) is 18.1. The van der Waals surface area contributed by atoms with E-state index in [1.54, 1.807) is 36.5 Å². The molecule has 3 aromatic carbocycles. The van der Waals surface area contributed by atoms with Crippen molar-refractivity contribution >= 4 is 26.6 Å². The smallest absolute Gasteiger partial charge is 0.254 e. The van der Waals surface area contributed by atoms with Crippen LogP contribution >= 0.6 is 0 Å². The molecule has 44 heavy (non-hydrogen) atoms. The summed E-state index contributed by atoms with van der Waals surface area (Å²) in [6.07, 6.45) is 5.54. The number of hydrogen-bond acceptors (Lipinski definition) is 8. The van der Waals surface area contributed by atoms with Crippen molar-refractivity contribution in [2.45, 2.75) is 54.5 Å². The van der Waals surface area contributed by atoms with Gasteiger partial charge in [-0.2, -0.15) is 0 Å². The molecule has 0 saturated carbocycles. The second-order valence-electron chi connectivity index (χ2n) is 11.7. The number of nitrogens with zero attached hydrogens (tertiary/aromatic N) is 3. The summed E-state index contributed by atoms with van der Waals surface area (Å²) in [6, 6.07) is 19.8. The number of carbonyl (C=O) groups excluding carboxylic acids is 1. The van der Waals surface area contributed by atoms with Crippen LogP contribution < -0.4 is 14.2 Å². The van der Waals surface area contributed by atoms with E-state index in [1.807, 2.05) is 42.2 Å². The summed E-state index contributed by atoms with van der Waals surface area (Å²) in [6.45, 7) is 5.34. The number of aryl methyl sites for hydroxylation is 1. The van der Waals surface area contributed by atoms with Crippen LogP contribution in [0.5, 0.6) is 17.2 Å². The van der Waals surface area contributed by atoms with Gasteiger partial charge in [-0.05, 0) is 86.7 Å². The van der Waals surface area contributed by atoms with Gasteiger partial charge in [-0.25, -0.2) is 8.42 Å². The average Bonchev–Trinajstić information content (AvgIpc) is 3.54. The highest BCUT2D eigenvalue weighted by molar-refractivity contribution is 7.91. The van der Waals surface area contributed by atoms with Gasteiger partial charge in [0.15, 0.2) is 11.5 Å². The van der Waals surface area contributed by atoms with Gasteiger partial charge >= 0.3 is 0 Å². The molecule has 1 amide bonds. The second-order valence-corrected chi connectivity index (χ2v) is 13.6. The summed E-state index contributed by atoms with van der Waals surface area (Å²) in [4.78, 5) is 22.7. The Kier molecular flexibility index (Phi) is 7.63. The number of likely N-dealkylation sites (tertiary alicyclic amines) is 2. The number of ether oxygens (including phenoxy) is 3. The quantitative estimate of drug-likeness (QED) is 0.291. The summed E-state index contributed by atoms with van der Waals surface area (Å²) in [5.41, 5.74) is 2.35. The van der Waals surface area contributed by atoms with Crippen LogP contribution in [0.1, 0.15) is 41.6 Å². The minimum absolute atomic E-state index is 0.0721. The van der Waals surface area contributed by atoms with Gasteiger partial charge in [-0.1, -0.05) is 12.1 Å². The average molecular weight is 614 g/mol. The topological polar surface area (TPSA) is 98.3 Å². The summed E-state index contributed by atoms with van der Waals surface area (Å²) in [7, 11) is -3.71. The lowest BCUT2D eigenvalue weighted by atomic mass is 9.98. The molecule has 2 saturated heterocycles. The van der Waals surface area contributed by atoms with E-state index in [4.69, 9.17) is 14.2 Å². The molecule has 3 aliphatic heterocycles. The Balaban J connectivity index is 0.926. The van der Waals surface area contributed by atoms with Crippen molar-refractivity contribution in [3.63, 3.8) is 0 Å². The van der Waals surface area contributed by atoms with Crippen LogP contribution in [0.2, 0.25) is 0 Å². The molecule has 0 spiro atoms. The van der Waals surface area contributed by atoms with Crippen LogP contribution in [0.15, 0.2) is 82.7 Å². The van der Waals surface area contributed by atoms with Crippen molar-refractivity contribution in [2.75, 3.05) is 33.0 Å². The second kappa shape index (κ2) is 11.7. The lowest BCUT2D eigenvalue weighted by molar-refractivity contribution is 0.0424. The predicted octanol–water partition coefficient (Wildman–Crippen LogP) is 5.25. The van der Waals surface area contributed by atoms with Gasteiger partial charge in [0, 0.05) is 55.4 Å². The molecule has 0 atom stereocenters. The molecule has 0 unspecified atom stereocenters. The lowest BCUT2D eigenvalue weighted by Crippen LogP contribution is -2.50. The van der Waals surface area contributed by atoms with Crippen molar-refractivity contribution in [3.05, 3.63) is 84.1 Å². The molecule has 3 aliphatic rings.